The largest absolute Gasteiger partial charge is 0.288 e. The van der Waals surface area contributed by atoms with Gasteiger partial charge in [-0.15, -0.1) is 11.3 Å². The smallest absolute Gasteiger partial charge is 0.282 e. The average molecular weight is 373 g/mol. The summed E-state index contributed by atoms with van der Waals surface area (Å²) in [6.45, 7) is 0. The number of nitrogens with zero attached hydrogens (tertiary/aromatic N) is 2. The number of hydrogen-bond acceptors (Lipinski definition) is 4. The van der Waals surface area contributed by atoms with Gasteiger partial charge in [0.05, 0.1) is 10.6 Å². The molecule has 0 unspecified atom stereocenters. The third kappa shape index (κ3) is 3.07. The molecule has 0 radical (unpaired) electrons. The Morgan fingerprint density at radius 1 is 0.852 bits per heavy atom. The van der Waals surface area contributed by atoms with E-state index in [0.29, 0.717) is 16.3 Å². The van der Waals surface area contributed by atoms with E-state index >= 15 is 0 Å². The zero-order chi connectivity index (χ0) is 18.8. The maximum Gasteiger partial charge on any atom is 0.282 e. The van der Waals surface area contributed by atoms with Crippen molar-refractivity contribution in [1.29, 1.82) is 5.41 Å². The van der Waals surface area contributed by atoms with Gasteiger partial charge in [-0.3, -0.25) is 19.9 Å². The maximum absolute atomic E-state index is 13.1. The van der Waals surface area contributed by atoms with Gasteiger partial charge in [0, 0.05) is 11.8 Å². The molecule has 1 fully saturated rings. The van der Waals surface area contributed by atoms with Gasteiger partial charge in [-0.1, -0.05) is 42.5 Å². The fraction of sp³-hybridized carbons (Fsp3) is 0. The van der Waals surface area contributed by atoms with Gasteiger partial charge in [0.25, 0.3) is 5.91 Å². The van der Waals surface area contributed by atoms with Crippen LogP contribution in [0.3, 0.4) is 0 Å². The van der Waals surface area contributed by atoms with Crippen LogP contribution in [0, 0.1) is 5.41 Å². The summed E-state index contributed by atoms with van der Waals surface area (Å²) in [7, 11) is 0. The van der Waals surface area contributed by atoms with Crippen molar-refractivity contribution < 1.29 is 9.59 Å². The molecule has 0 atom stereocenters. The normalized spacial score (nSPS) is 15.6. The van der Waals surface area contributed by atoms with Crippen LogP contribution in [0.15, 0.2) is 89.9 Å². The van der Waals surface area contributed by atoms with Gasteiger partial charge in [-0.2, -0.15) is 0 Å². The Bertz CT molecular complexity index is 1030. The van der Waals surface area contributed by atoms with E-state index in [2.05, 4.69) is 0 Å². The summed E-state index contributed by atoms with van der Waals surface area (Å²) in [5.74, 6) is -0.667. The number of thiophene rings is 1. The third-order valence-corrected chi connectivity index (χ3v) is 5.03. The summed E-state index contributed by atoms with van der Waals surface area (Å²) < 4.78 is 0. The zero-order valence-electron chi connectivity index (χ0n) is 14.2. The van der Waals surface area contributed by atoms with Crippen LogP contribution >= 0.6 is 11.3 Å². The van der Waals surface area contributed by atoms with E-state index in [1.807, 2.05) is 29.6 Å². The first-order valence-corrected chi connectivity index (χ1v) is 9.17. The number of carbonyl (C=O) groups excluding carboxylic acids is 2. The molecule has 132 valence electrons. The second-order valence-corrected chi connectivity index (χ2v) is 6.79. The number of allylic oxidation sites excluding steroid dienone is 1. The highest BCUT2D eigenvalue weighted by atomic mass is 32.1. The molecule has 4 rings (SSSR count). The fourth-order valence-corrected chi connectivity index (χ4v) is 3.55. The number of amides is 1. The lowest BCUT2D eigenvalue weighted by Crippen LogP contribution is -2.33. The molecule has 0 bridgehead atoms. The van der Waals surface area contributed by atoms with Crippen LogP contribution < -0.4 is 9.80 Å². The molecule has 27 heavy (non-hydrogen) atoms. The van der Waals surface area contributed by atoms with Crippen molar-refractivity contribution in [2.75, 3.05) is 9.80 Å². The van der Waals surface area contributed by atoms with Crippen molar-refractivity contribution in [2.45, 2.75) is 0 Å². The summed E-state index contributed by atoms with van der Waals surface area (Å²) in [6, 6.07) is 21.6. The lowest BCUT2D eigenvalue weighted by atomic mass is 10.2. The number of rotatable bonds is 4. The molecular formula is C21H15N3O2S. The summed E-state index contributed by atoms with van der Waals surface area (Å²) in [5, 5.41) is 10.4. The van der Waals surface area contributed by atoms with E-state index in [-0.39, 0.29) is 17.4 Å². The lowest BCUT2D eigenvalue weighted by molar-refractivity contribution is -0.113. The van der Waals surface area contributed by atoms with Crippen LogP contribution in [-0.4, -0.2) is 17.6 Å². The number of para-hydroxylation sites is 2. The van der Waals surface area contributed by atoms with Crippen molar-refractivity contribution in [3.8, 4) is 0 Å². The van der Waals surface area contributed by atoms with Gasteiger partial charge < -0.3 is 0 Å². The van der Waals surface area contributed by atoms with E-state index < -0.39 is 5.91 Å². The molecule has 1 aliphatic rings. The van der Waals surface area contributed by atoms with Gasteiger partial charge in [0.1, 0.15) is 5.70 Å². The molecule has 1 saturated heterocycles. The van der Waals surface area contributed by atoms with Gasteiger partial charge in [0.15, 0.2) is 5.78 Å². The molecule has 0 saturated carbocycles. The zero-order valence-corrected chi connectivity index (χ0v) is 15.0. The van der Waals surface area contributed by atoms with Crippen LogP contribution in [0.2, 0.25) is 0 Å². The Morgan fingerprint density at radius 3 is 2.00 bits per heavy atom. The van der Waals surface area contributed by atoms with Crippen molar-refractivity contribution in [2.24, 2.45) is 0 Å². The van der Waals surface area contributed by atoms with Crippen LogP contribution in [0.4, 0.5) is 11.4 Å². The van der Waals surface area contributed by atoms with Gasteiger partial charge in [-0.25, -0.2) is 4.90 Å². The van der Waals surface area contributed by atoms with Crippen molar-refractivity contribution in [1.82, 2.24) is 0 Å². The Kier molecular flexibility index (Phi) is 4.40. The monoisotopic (exact) mass is 373 g/mol. The number of anilines is 2. The average Bonchev–Trinajstić information content (AvgIpc) is 3.31. The first kappa shape index (κ1) is 16.9. The van der Waals surface area contributed by atoms with Gasteiger partial charge in [0.2, 0.25) is 5.96 Å². The molecular weight excluding hydrogens is 358 g/mol. The quantitative estimate of drug-likeness (QED) is 0.548. The first-order chi connectivity index (χ1) is 13.2. The lowest BCUT2D eigenvalue weighted by Gasteiger charge is -2.20. The minimum atomic E-state index is -0.403. The van der Waals surface area contributed by atoms with Crippen LogP contribution in [0.5, 0.6) is 0 Å². The number of carbonyl (C=O) groups is 2. The highest BCUT2D eigenvalue weighted by Crippen LogP contribution is 2.31. The van der Waals surface area contributed by atoms with Gasteiger partial charge >= 0.3 is 0 Å². The topological polar surface area (TPSA) is 64.5 Å². The SMILES string of the molecule is N=C1N(c2ccccc2)C(=O)/C(=C/C(=O)c2cccs2)N1c1ccccc1. The van der Waals surface area contributed by atoms with Crippen molar-refractivity contribution in [3.63, 3.8) is 0 Å². The van der Waals surface area contributed by atoms with Crippen LogP contribution in [0.25, 0.3) is 0 Å². The minimum Gasteiger partial charge on any atom is -0.288 e. The molecule has 2 heterocycles. The van der Waals surface area contributed by atoms with Crippen LogP contribution in [0.1, 0.15) is 9.67 Å². The standard InChI is InChI=1S/C21H15N3O2S/c22-21-23(15-8-3-1-4-9-15)17(14-18(25)19-12-7-13-27-19)20(26)24(21)16-10-5-2-6-11-16/h1-14,22H/b17-14-,22-21?. The molecule has 1 N–H and O–H groups in total. The molecule has 1 amide bonds. The summed E-state index contributed by atoms with van der Waals surface area (Å²) in [4.78, 5) is 29.1. The van der Waals surface area contributed by atoms with Gasteiger partial charge in [-0.05, 0) is 35.7 Å². The van der Waals surface area contributed by atoms with E-state index in [9.17, 15) is 9.59 Å². The molecule has 0 aliphatic carbocycles. The Morgan fingerprint density at radius 2 is 1.44 bits per heavy atom. The van der Waals surface area contributed by atoms with Crippen molar-refractivity contribution >= 4 is 40.4 Å². The molecule has 1 aliphatic heterocycles. The Labute approximate surface area is 160 Å². The van der Waals surface area contributed by atoms with E-state index in [4.69, 9.17) is 5.41 Å². The molecule has 2 aromatic carbocycles. The predicted octanol–water partition coefficient (Wildman–Crippen LogP) is 4.30. The Balaban J connectivity index is 1.82. The molecule has 0 spiro atoms. The Hall–Kier alpha value is -3.51. The van der Waals surface area contributed by atoms with Crippen LogP contribution in [-0.2, 0) is 4.79 Å². The van der Waals surface area contributed by atoms with E-state index in [1.54, 1.807) is 48.5 Å². The molecule has 6 heteroatoms. The van der Waals surface area contributed by atoms with Crippen molar-refractivity contribution in [3.05, 3.63) is 94.8 Å². The van der Waals surface area contributed by atoms with E-state index in [0.717, 1.165) is 0 Å². The minimum absolute atomic E-state index is 0.0115. The molecule has 3 aromatic rings. The third-order valence-electron chi connectivity index (χ3n) is 4.15. The highest BCUT2D eigenvalue weighted by molar-refractivity contribution is 7.12. The molecule has 1 aromatic heterocycles. The number of benzene rings is 2. The second kappa shape index (κ2) is 7.01. The predicted molar refractivity (Wildman–Crippen MR) is 107 cm³/mol. The number of ketones is 1. The molecule has 5 nitrogen and oxygen atoms in total. The number of nitrogens with one attached hydrogen (secondary N) is 1. The first-order valence-electron chi connectivity index (χ1n) is 8.29. The number of hydrogen-bond donors (Lipinski definition) is 1. The summed E-state index contributed by atoms with van der Waals surface area (Å²) >= 11 is 1.32. The highest BCUT2D eigenvalue weighted by Gasteiger charge is 2.40. The number of guanidine groups is 1. The maximum atomic E-state index is 13.1. The summed E-state index contributed by atoms with van der Waals surface area (Å²) in [6.07, 6.45) is 1.32. The fourth-order valence-electron chi connectivity index (χ4n) is 2.92. The summed E-state index contributed by atoms with van der Waals surface area (Å²) in [5.41, 5.74) is 1.40. The second-order valence-electron chi connectivity index (χ2n) is 5.84. The van der Waals surface area contributed by atoms with E-state index in [1.165, 1.54) is 27.2 Å².